The Morgan fingerprint density at radius 1 is 1.56 bits per heavy atom. The first-order chi connectivity index (χ1) is 7.59. The molecule has 1 atom stereocenters. The first kappa shape index (κ1) is 12.1. The lowest BCUT2D eigenvalue weighted by Crippen LogP contribution is -2.41. The third kappa shape index (κ3) is 2.64. The maximum absolute atomic E-state index is 6.06. The van der Waals surface area contributed by atoms with Crippen molar-refractivity contribution in [2.24, 2.45) is 5.41 Å². The van der Waals surface area contributed by atoms with Gasteiger partial charge in [0, 0.05) is 18.0 Å². The van der Waals surface area contributed by atoms with Crippen LogP contribution in [0.15, 0.2) is 18.3 Å². The molecule has 0 bridgehead atoms. The Labute approximate surface area is 106 Å². The van der Waals surface area contributed by atoms with Crippen molar-refractivity contribution in [3.05, 3.63) is 23.5 Å². The van der Waals surface area contributed by atoms with Crippen LogP contribution < -0.4 is 5.32 Å². The van der Waals surface area contributed by atoms with Crippen molar-refractivity contribution in [2.75, 3.05) is 16.8 Å². The number of thioether (sulfide) groups is 1. The van der Waals surface area contributed by atoms with Crippen molar-refractivity contribution in [2.45, 2.75) is 26.3 Å². The van der Waals surface area contributed by atoms with Crippen molar-refractivity contribution in [3.8, 4) is 0 Å². The van der Waals surface area contributed by atoms with Crippen LogP contribution in [0.2, 0.25) is 5.15 Å². The van der Waals surface area contributed by atoms with Crippen molar-refractivity contribution in [1.82, 2.24) is 4.98 Å². The highest BCUT2D eigenvalue weighted by molar-refractivity contribution is 7.99. The number of rotatable bonds is 2. The van der Waals surface area contributed by atoms with E-state index in [0.717, 1.165) is 11.4 Å². The van der Waals surface area contributed by atoms with Crippen LogP contribution in [-0.4, -0.2) is 22.5 Å². The molecule has 1 unspecified atom stereocenters. The molecule has 4 heteroatoms. The van der Waals surface area contributed by atoms with Crippen LogP contribution in [0.5, 0.6) is 0 Å². The standard InChI is InChI=1S/C12H17ClN2S/c1-12(2)5-7-16-8-10(12)15-9-4-3-6-14-11(9)13/h3-4,6,10,15H,5,7-8H2,1-2H3. The average molecular weight is 257 g/mol. The Morgan fingerprint density at radius 3 is 3.06 bits per heavy atom. The van der Waals surface area contributed by atoms with Crippen molar-refractivity contribution >= 4 is 29.1 Å². The minimum Gasteiger partial charge on any atom is -0.378 e. The van der Waals surface area contributed by atoms with Crippen LogP contribution in [0.4, 0.5) is 5.69 Å². The van der Waals surface area contributed by atoms with Gasteiger partial charge in [-0.25, -0.2) is 4.98 Å². The Bertz CT molecular complexity index is 368. The van der Waals surface area contributed by atoms with Gasteiger partial charge < -0.3 is 5.32 Å². The van der Waals surface area contributed by atoms with Gasteiger partial charge in [-0.3, -0.25) is 0 Å². The van der Waals surface area contributed by atoms with Gasteiger partial charge >= 0.3 is 0 Å². The molecule has 1 aliphatic rings. The Hall–Kier alpha value is -0.410. The summed E-state index contributed by atoms with van der Waals surface area (Å²) in [6, 6.07) is 4.37. The van der Waals surface area contributed by atoms with Gasteiger partial charge in [0.25, 0.3) is 0 Å². The van der Waals surface area contributed by atoms with Gasteiger partial charge in [0.2, 0.25) is 0 Å². The molecule has 0 amide bonds. The van der Waals surface area contributed by atoms with E-state index in [1.807, 2.05) is 23.9 Å². The summed E-state index contributed by atoms with van der Waals surface area (Å²) >= 11 is 8.06. The van der Waals surface area contributed by atoms with Crippen LogP contribution in [-0.2, 0) is 0 Å². The molecular weight excluding hydrogens is 240 g/mol. The van der Waals surface area contributed by atoms with Gasteiger partial charge in [-0.05, 0) is 29.7 Å². The highest BCUT2D eigenvalue weighted by atomic mass is 35.5. The van der Waals surface area contributed by atoms with Gasteiger partial charge in [0.05, 0.1) is 5.69 Å². The molecule has 0 radical (unpaired) electrons. The number of halogens is 1. The molecule has 88 valence electrons. The average Bonchev–Trinajstić information content (AvgIpc) is 2.24. The normalized spacial score (nSPS) is 24.1. The summed E-state index contributed by atoms with van der Waals surface area (Å²) in [5.41, 5.74) is 1.27. The number of pyridine rings is 1. The molecule has 2 heterocycles. The molecule has 0 aliphatic carbocycles. The van der Waals surface area contributed by atoms with Gasteiger partial charge in [0.15, 0.2) is 5.15 Å². The van der Waals surface area contributed by atoms with Crippen LogP contribution in [0, 0.1) is 5.41 Å². The molecule has 1 aromatic heterocycles. The smallest absolute Gasteiger partial charge is 0.152 e. The first-order valence-electron chi connectivity index (χ1n) is 5.54. The maximum atomic E-state index is 6.06. The summed E-state index contributed by atoms with van der Waals surface area (Å²) in [7, 11) is 0. The molecule has 2 rings (SSSR count). The zero-order valence-electron chi connectivity index (χ0n) is 9.66. The second-order valence-corrected chi connectivity index (χ2v) is 6.36. The second kappa shape index (κ2) is 4.84. The van der Waals surface area contributed by atoms with E-state index in [1.165, 1.54) is 12.2 Å². The van der Waals surface area contributed by atoms with E-state index in [9.17, 15) is 0 Å². The van der Waals surface area contributed by atoms with Gasteiger partial charge in [-0.1, -0.05) is 25.4 Å². The largest absolute Gasteiger partial charge is 0.378 e. The summed E-state index contributed by atoms with van der Waals surface area (Å²) in [4.78, 5) is 4.09. The van der Waals surface area contributed by atoms with Crippen LogP contribution >= 0.6 is 23.4 Å². The predicted molar refractivity (Wildman–Crippen MR) is 72.4 cm³/mol. The number of nitrogens with zero attached hydrogens (tertiary/aromatic N) is 1. The van der Waals surface area contributed by atoms with Crippen LogP contribution in [0.25, 0.3) is 0 Å². The number of nitrogens with one attached hydrogen (secondary N) is 1. The molecule has 1 aromatic rings. The quantitative estimate of drug-likeness (QED) is 0.818. The van der Waals surface area contributed by atoms with E-state index in [2.05, 4.69) is 24.1 Å². The van der Waals surface area contributed by atoms with E-state index in [4.69, 9.17) is 11.6 Å². The molecule has 1 N–H and O–H groups in total. The fraction of sp³-hybridized carbons (Fsp3) is 0.583. The molecule has 1 fully saturated rings. The maximum Gasteiger partial charge on any atom is 0.152 e. The van der Waals surface area contributed by atoms with E-state index >= 15 is 0 Å². The van der Waals surface area contributed by atoms with E-state index in [1.54, 1.807) is 6.20 Å². The van der Waals surface area contributed by atoms with E-state index < -0.39 is 0 Å². The number of anilines is 1. The van der Waals surface area contributed by atoms with E-state index in [-0.39, 0.29) is 0 Å². The molecule has 0 aromatic carbocycles. The minimum absolute atomic E-state index is 0.324. The van der Waals surface area contributed by atoms with Gasteiger partial charge in [-0.2, -0.15) is 11.8 Å². The van der Waals surface area contributed by atoms with Crippen LogP contribution in [0.3, 0.4) is 0 Å². The second-order valence-electron chi connectivity index (χ2n) is 4.85. The monoisotopic (exact) mass is 256 g/mol. The summed E-state index contributed by atoms with van der Waals surface area (Å²) in [6.45, 7) is 4.63. The molecule has 16 heavy (non-hydrogen) atoms. The topological polar surface area (TPSA) is 24.9 Å². The van der Waals surface area contributed by atoms with Crippen molar-refractivity contribution in [3.63, 3.8) is 0 Å². The summed E-state index contributed by atoms with van der Waals surface area (Å²) in [5.74, 6) is 2.39. The summed E-state index contributed by atoms with van der Waals surface area (Å²) < 4.78 is 0. The Morgan fingerprint density at radius 2 is 2.38 bits per heavy atom. The highest BCUT2D eigenvalue weighted by Crippen LogP contribution is 2.36. The minimum atomic E-state index is 0.324. The van der Waals surface area contributed by atoms with Crippen LogP contribution in [0.1, 0.15) is 20.3 Å². The lowest BCUT2D eigenvalue weighted by atomic mass is 9.82. The van der Waals surface area contributed by atoms with Gasteiger partial charge in [-0.15, -0.1) is 0 Å². The SMILES string of the molecule is CC1(C)CCSCC1Nc1cccnc1Cl. The van der Waals surface area contributed by atoms with Crippen molar-refractivity contribution < 1.29 is 0 Å². The third-order valence-corrected chi connectivity index (χ3v) is 4.57. The molecule has 1 aliphatic heterocycles. The number of hydrogen-bond donors (Lipinski definition) is 1. The zero-order valence-corrected chi connectivity index (χ0v) is 11.2. The zero-order chi connectivity index (χ0) is 11.6. The summed E-state index contributed by atoms with van der Waals surface area (Å²) in [6.07, 6.45) is 2.96. The fourth-order valence-corrected chi connectivity index (χ4v) is 3.64. The fourth-order valence-electron chi connectivity index (χ4n) is 1.85. The first-order valence-corrected chi connectivity index (χ1v) is 7.08. The summed E-state index contributed by atoms with van der Waals surface area (Å²) in [5, 5.41) is 4.09. The Balaban J connectivity index is 2.12. The Kier molecular flexibility index (Phi) is 3.65. The molecule has 0 spiro atoms. The third-order valence-electron chi connectivity index (χ3n) is 3.21. The number of aromatic nitrogens is 1. The highest BCUT2D eigenvalue weighted by Gasteiger charge is 2.32. The molecule has 2 nitrogen and oxygen atoms in total. The number of hydrogen-bond acceptors (Lipinski definition) is 3. The lowest BCUT2D eigenvalue weighted by Gasteiger charge is -2.39. The van der Waals surface area contributed by atoms with Gasteiger partial charge in [0.1, 0.15) is 0 Å². The predicted octanol–water partition coefficient (Wildman–Crippen LogP) is 3.68. The molecule has 1 saturated heterocycles. The van der Waals surface area contributed by atoms with Crippen molar-refractivity contribution in [1.29, 1.82) is 0 Å². The molecule has 0 saturated carbocycles. The molecular formula is C12H17ClN2S. The lowest BCUT2D eigenvalue weighted by molar-refractivity contribution is 0.305. The van der Waals surface area contributed by atoms with E-state index in [0.29, 0.717) is 16.6 Å².